The van der Waals surface area contributed by atoms with Gasteiger partial charge in [0, 0.05) is 10.9 Å². The van der Waals surface area contributed by atoms with Crippen molar-refractivity contribution in [2.24, 2.45) is 0 Å². The fourth-order valence-corrected chi connectivity index (χ4v) is 4.79. The molecule has 6 nitrogen and oxygen atoms in total. The van der Waals surface area contributed by atoms with E-state index in [2.05, 4.69) is 18.6 Å². The van der Waals surface area contributed by atoms with Gasteiger partial charge in [-0.05, 0) is 72.5 Å². The molecule has 0 fully saturated rings. The smallest absolute Gasteiger partial charge is 0.278 e. The Balaban J connectivity index is 1.96. The van der Waals surface area contributed by atoms with E-state index in [1.165, 1.54) is 31.4 Å². The Morgan fingerprint density at radius 2 is 1.37 bits per heavy atom. The lowest BCUT2D eigenvalue weighted by Gasteiger charge is -2.35. The van der Waals surface area contributed by atoms with Gasteiger partial charge in [0.15, 0.2) is 5.60 Å². The van der Waals surface area contributed by atoms with Gasteiger partial charge in [-0.1, -0.05) is 56.6 Å². The van der Waals surface area contributed by atoms with Gasteiger partial charge in [-0.15, -0.1) is 0 Å². The fraction of sp³-hybridized carbons (Fsp3) is 0.296. The van der Waals surface area contributed by atoms with Crippen molar-refractivity contribution in [3.05, 3.63) is 88.9 Å². The van der Waals surface area contributed by atoms with E-state index in [0.29, 0.717) is 22.4 Å². The summed E-state index contributed by atoms with van der Waals surface area (Å²) in [4.78, 5) is 13.5. The molecule has 8 heteroatoms. The molecule has 1 N–H and O–H groups in total. The van der Waals surface area contributed by atoms with E-state index in [-0.39, 0.29) is 4.90 Å². The summed E-state index contributed by atoms with van der Waals surface area (Å²) in [5, 5.41) is 0.555. The molecule has 0 spiro atoms. The summed E-state index contributed by atoms with van der Waals surface area (Å²) in [6.45, 7) is 7.56. The molecule has 35 heavy (non-hydrogen) atoms. The van der Waals surface area contributed by atoms with Gasteiger partial charge in [0.05, 0.1) is 12.0 Å². The van der Waals surface area contributed by atoms with Crippen LogP contribution in [0.15, 0.2) is 77.7 Å². The van der Waals surface area contributed by atoms with Crippen LogP contribution in [0.4, 0.5) is 0 Å². The predicted molar refractivity (Wildman–Crippen MR) is 138 cm³/mol. The van der Waals surface area contributed by atoms with Crippen molar-refractivity contribution >= 4 is 27.5 Å². The van der Waals surface area contributed by atoms with Crippen molar-refractivity contribution in [3.8, 4) is 11.5 Å². The van der Waals surface area contributed by atoms with Crippen LogP contribution in [0, 0.1) is 0 Å². The van der Waals surface area contributed by atoms with Crippen LogP contribution < -0.4 is 14.2 Å². The zero-order valence-corrected chi connectivity index (χ0v) is 22.0. The minimum absolute atomic E-state index is 0.0607. The number of halogens is 1. The molecule has 3 aromatic rings. The molecule has 3 aromatic carbocycles. The van der Waals surface area contributed by atoms with Crippen LogP contribution >= 0.6 is 11.6 Å². The highest BCUT2D eigenvalue weighted by molar-refractivity contribution is 7.90. The molecule has 1 amide bonds. The van der Waals surface area contributed by atoms with Gasteiger partial charge < -0.3 is 9.47 Å². The van der Waals surface area contributed by atoms with Gasteiger partial charge in [0.1, 0.15) is 11.5 Å². The number of ether oxygens (including phenoxy) is 2. The highest BCUT2D eigenvalue weighted by atomic mass is 35.5. The number of methoxy groups -OCH3 is 1. The van der Waals surface area contributed by atoms with E-state index < -0.39 is 27.4 Å². The van der Waals surface area contributed by atoms with Gasteiger partial charge in [-0.25, -0.2) is 13.1 Å². The van der Waals surface area contributed by atoms with Crippen molar-refractivity contribution in [1.29, 1.82) is 0 Å². The maximum Gasteiger partial charge on any atom is 0.278 e. The Hall–Kier alpha value is -3.03. The average Bonchev–Trinajstić information content (AvgIpc) is 2.84. The number of hydrogen-bond donors (Lipinski definition) is 1. The highest BCUT2D eigenvalue weighted by Gasteiger charge is 2.44. The zero-order valence-electron chi connectivity index (χ0n) is 20.4. The van der Waals surface area contributed by atoms with Crippen LogP contribution in [0.25, 0.3) is 0 Å². The maximum absolute atomic E-state index is 13.6. The number of sulfonamides is 1. The molecule has 0 saturated heterocycles. The third kappa shape index (κ3) is 6.16. The lowest BCUT2D eigenvalue weighted by atomic mass is 9.84. The van der Waals surface area contributed by atoms with Crippen molar-refractivity contribution in [2.45, 2.75) is 50.0 Å². The lowest BCUT2D eigenvalue weighted by Crippen LogP contribution is -2.53. The van der Waals surface area contributed by atoms with Gasteiger partial charge in [-0.3, -0.25) is 4.79 Å². The summed E-state index contributed by atoms with van der Waals surface area (Å²) < 4.78 is 39.6. The van der Waals surface area contributed by atoms with E-state index in [4.69, 9.17) is 21.1 Å². The second-order valence-electron chi connectivity index (χ2n) is 8.82. The quantitative estimate of drug-likeness (QED) is 0.382. The molecular formula is C27H30ClNO5S. The number of benzene rings is 3. The Bertz CT molecular complexity index is 1260. The van der Waals surface area contributed by atoms with Crippen LogP contribution in [0.3, 0.4) is 0 Å². The number of carbonyl (C=O) groups is 1. The van der Waals surface area contributed by atoms with Crippen LogP contribution in [0.5, 0.6) is 11.5 Å². The molecule has 186 valence electrons. The number of nitrogens with one attached hydrogen (secondary N) is 1. The zero-order chi connectivity index (χ0) is 25.8. The number of carbonyl (C=O) groups excluding carboxylic acids is 1. The van der Waals surface area contributed by atoms with E-state index >= 15 is 0 Å². The molecule has 0 unspecified atom stereocenters. The van der Waals surface area contributed by atoms with E-state index in [0.717, 1.165) is 11.1 Å². The highest BCUT2D eigenvalue weighted by Crippen LogP contribution is 2.34. The second kappa shape index (κ2) is 10.7. The number of amides is 1. The molecule has 0 aliphatic carbocycles. The summed E-state index contributed by atoms with van der Waals surface area (Å²) in [5.74, 6) is -0.0139. The summed E-state index contributed by atoms with van der Waals surface area (Å²) >= 11 is 6.04. The summed E-state index contributed by atoms with van der Waals surface area (Å²) in [5.41, 5.74) is 0.330. The largest absolute Gasteiger partial charge is 0.497 e. The van der Waals surface area contributed by atoms with Gasteiger partial charge in [-0.2, -0.15) is 0 Å². The standard InChI is InChI=1S/C27H30ClNO5S/c1-18(2)20-8-12-24(13-9-20)34-27(4,19(3)21-6-10-22(28)11-7-21)26(30)29-35(31,32)25-16-14-23(33-5)15-17-25/h6-19H,1-5H3,(H,29,30)/t19-,27+/m1/s1. The van der Waals surface area contributed by atoms with E-state index in [1.807, 2.05) is 19.1 Å². The molecule has 0 heterocycles. The number of rotatable bonds is 9. The van der Waals surface area contributed by atoms with Gasteiger partial charge in [0.2, 0.25) is 0 Å². The first-order valence-corrected chi connectivity index (χ1v) is 13.1. The monoisotopic (exact) mass is 515 g/mol. The molecule has 0 bridgehead atoms. The van der Waals surface area contributed by atoms with Gasteiger partial charge in [0.25, 0.3) is 15.9 Å². The molecule has 0 aromatic heterocycles. The van der Waals surface area contributed by atoms with Crippen LogP contribution in [0.2, 0.25) is 5.02 Å². The van der Waals surface area contributed by atoms with E-state index in [9.17, 15) is 13.2 Å². The minimum Gasteiger partial charge on any atom is -0.497 e. The van der Waals surface area contributed by atoms with Crippen molar-refractivity contribution in [3.63, 3.8) is 0 Å². The minimum atomic E-state index is -4.16. The van der Waals surface area contributed by atoms with Crippen molar-refractivity contribution in [1.82, 2.24) is 4.72 Å². The third-order valence-corrected chi connectivity index (χ3v) is 7.72. The first-order valence-electron chi connectivity index (χ1n) is 11.2. The van der Waals surface area contributed by atoms with Crippen LogP contribution in [0.1, 0.15) is 50.7 Å². The summed E-state index contributed by atoms with van der Waals surface area (Å²) in [6, 6.07) is 20.2. The first kappa shape index (κ1) is 26.6. The molecule has 0 saturated carbocycles. The van der Waals surface area contributed by atoms with E-state index in [1.54, 1.807) is 43.3 Å². The summed E-state index contributed by atoms with van der Waals surface area (Å²) in [7, 11) is -2.67. The Morgan fingerprint density at radius 1 is 0.857 bits per heavy atom. The SMILES string of the molecule is COc1ccc(S(=O)(=O)NC(=O)[C@@](C)(Oc2ccc(C(C)C)cc2)[C@H](C)c2ccc(Cl)cc2)cc1. The Kier molecular flexibility index (Phi) is 8.13. The molecule has 3 rings (SSSR count). The summed E-state index contributed by atoms with van der Waals surface area (Å²) in [6.07, 6.45) is 0. The topological polar surface area (TPSA) is 81.7 Å². The third-order valence-electron chi connectivity index (χ3n) is 6.12. The normalized spacial score (nSPS) is 14.1. The Labute approximate surface area is 212 Å². The molecule has 0 aliphatic rings. The van der Waals surface area contributed by atoms with Crippen molar-refractivity contribution < 1.29 is 22.7 Å². The first-order chi connectivity index (χ1) is 16.5. The molecule has 0 aliphatic heterocycles. The molecular weight excluding hydrogens is 486 g/mol. The van der Waals surface area contributed by atoms with Crippen LogP contribution in [-0.2, 0) is 14.8 Å². The van der Waals surface area contributed by atoms with Crippen molar-refractivity contribution in [2.75, 3.05) is 7.11 Å². The predicted octanol–water partition coefficient (Wildman–Crippen LogP) is 5.92. The maximum atomic E-state index is 13.6. The lowest BCUT2D eigenvalue weighted by molar-refractivity contribution is -0.135. The van der Waals surface area contributed by atoms with Gasteiger partial charge >= 0.3 is 0 Å². The molecule has 2 atom stereocenters. The molecule has 0 radical (unpaired) electrons. The number of hydrogen-bond acceptors (Lipinski definition) is 5. The fourth-order valence-electron chi connectivity index (χ4n) is 3.60. The average molecular weight is 516 g/mol. The Morgan fingerprint density at radius 3 is 1.89 bits per heavy atom. The van der Waals surface area contributed by atoms with Crippen LogP contribution in [-0.4, -0.2) is 27.0 Å². The second-order valence-corrected chi connectivity index (χ2v) is 10.9.